The van der Waals surface area contributed by atoms with E-state index in [1.807, 2.05) is 54.6 Å². The molecule has 13 heteroatoms. The Labute approximate surface area is 280 Å². The molecule has 0 aliphatic rings. The standard InChI is InChI=1S/C36H25ClF6N2O4/c37-25-14-15-30(44-26-18-23(35(38,39)40)17-24(19-26)36(41,42)43)29(20-25)33(46)45-31(34(47)48)16-21-10-12-22(13-11-21)28-8-4-5-9-32(28)49-27-6-2-1-3-7-27/h1-15,17-20,31,44H,16H2,(H,45,46)(H,47,48). The zero-order valence-corrected chi connectivity index (χ0v) is 25.8. The third kappa shape index (κ3) is 8.90. The van der Waals surface area contributed by atoms with Gasteiger partial charge in [0.2, 0.25) is 0 Å². The van der Waals surface area contributed by atoms with Gasteiger partial charge in [-0.15, -0.1) is 0 Å². The number of nitrogens with one attached hydrogen (secondary N) is 2. The number of carbonyl (C=O) groups is 2. The molecule has 252 valence electrons. The first-order chi connectivity index (χ1) is 23.2. The smallest absolute Gasteiger partial charge is 0.416 e. The first-order valence-corrected chi connectivity index (χ1v) is 14.9. The SMILES string of the molecule is O=C(NC(Cc1ccc(-c2ccccc2Oc2ccccc2)cc1)C(=O)O)c1cc(Cl)ccc1Nc1cc(C(F)(F)F)cc(C(F)(F)F)c1. The molecule has 0 saturated carbocycles. The fourth-order valence-electron chi connectivity index (χ4n) is 4.90. The Hall–Kier alpha value is -5.49. The Morgan fingerprint density at radius 1 is 0.755 bits per heavy atom. The molecule has 0 spiro atoms. The van der Waals surface area contributed by atoms with Crippen molar-refractivity contribution >= 4 is 34.9 Å². The summed E-state index contributed by atoms with van der Waals surface area (Å²) in [4.78, 5) is 25.5. The topological polar surface area (TPSA) is 87.7 Å². The van der Waals surface area contributed by atoms with E-state index in [0.29, 0.717) is 29.2 Å². The number of para-hydroxylation sites is 2. The maximum Gasteiger partial charge on any atom is 0.416 e. The largest absolute Gasteiger partial charge is 0.480 e. The van der Waals surface area contributed by atoms with Gasteiger partial charge in [0.25, 0.3) is 5.91 Å². The van der Waals surface area contributed by atoms with E-state index in [1.54, 1.807) is 24.3 Å². The maximum atomic E-state index is 13.4. The second kappa shape index (κ2) is 14.3. The van der Waals surface area contributed by atoms with Crippen molar-refractivity contribution in [2.24, 2.45) is 0 Å². The Morgan fingerprint density at radius 3 is 1.98 bits per heavy atom. The van der Waals surface area contributed by atoms with Gasteiger partial charge in [0.15, 0.2) is 0 Å². The van der Waals surface area contributed by atoms with Crippen LogP contribution in [0.3, 0.4) is 0 Å². The van der Waals surface area contributed by atoms with Crippen LogP contribution in [0.5, 0.6) is 11.5 Å². The number of halogens is 7. The van der Waals surface area contributed by atoms with E-state index in [0.717, 1.165) is 17.2 Å². The van der Waals surface area contributed by atoms with Gasteiger partial charge in [0, 0.05) is 22.7 Å². The number of hydrogen-bond donors (Lipinski definition) is 3. The quantitative estimate of drug-likeness (QED) is 0.126. The van der Waals surface area contributed by atoms with Crippen molar-refractivity contribution < 1.29 is 45.8 Å². The normalized spacial score (nSPS) is 12.2. The first-order valence-electron chi connectivity index (χ1n) is 14.5. The van der Waals surface area contributed by atoms with E-state index in [-0.39, 0.29) is 28.8 Å². The van der Waals surface area contributed by atoms with Crippen LogP contribution in [0.2, 0.25) is 5.02 Å². The molecule has 5 aromatic carbocycles. The highest BCUT2D eigenvalue weighted by Crippen LogP contribution is 2.39. The van der Waals surface area contributed by atoms with Crippen molar-refractivity contribution in [3.8, 4) is 22.6 Å². The summed E-state index contributed by atoms with van der Waals surface area (Å²) in [6.07, 6.45) is -10.3. The zero-order chi connectivity index (χ0) is 35.3. The number of amides is 1. The molecule has 1 atom stereocenters. The van der Waals surface area contributed by atoms with Gasteiger partial charge in [0.1, 0.15) is 17.5 Å². The summed E-state index contributed by atoms with van der Waals surface area (Å²) in [5.41, 5.74) is -2.14. The highest BCUT2D eigenvalue weighted by molar-refractivity contribution is 6.31. The fraction of sp³-hybridized carbons (Fsp3) is 0.111. The molecule has 3 N–H and O–H groups in total. The molecule has 0 radical (unpaired) electrons. The average molecular weight is 699 g/mol. The van der Waals surface area contributed by atoms with E-state index in [4.69, 9.17) is 16.3 Å². The van der Waals surface area contributed by atoms with Crippen molar-refractivity contribution in [2.75, 3.05) is 5.32 Å². The molecule has 1 amide bonds. The molecule has 0 fully saturated rings. The van der Waals surface area contributed by atoms with Gasteiger partial charge >= 0.3 is 18.3 Å². The first kappa shape index (κ1) is 34.8. The molecule has 5 aromatic rings. The minimum atomic E-state index is -5.09. The molecule has 0 aliphatic heterocycles. The number of carbonyl (C=O) groups excluding carboxylic acids is 1. The molecule has 6 nitrogen and oxygen atoms in total. The number of carboxylic acids is 1. The lowest BCUT2D eigenvalue weighted by Crippen LogP contribution is -2.42. The summed E-state index contributed by atoms with van der Waals surface area (Å²) >= 11 is 6.05. The van der Waals surface area contributed by atoms with Gasteiger partial charge in [-0.1, -0.05) is 72.3 Å². The summed E-state index contributed by atoms with van der Waals surface area (Å²) in [6, 6.07) is 26.4. The Bertz CT molecular complexity index is 1930. The summed E-state index contributed by atoms with van der Waals surface area (Å²) < 4.78 is 86.4. The third-order valence-electron chi connectivity index (χ3n) is 7.26. The van der Waals surface area contributed by atoms with Crippen molar-refractivity contribution in [1.82, 2.24) is 5.32 Å². The van der Waals surface area contributed by atoms with Gasteiger partial charge in [-0.3, -0.25) is 4.79 Å². The molecular weight excluding hydrogens is 674 g/mol. The number of aliphatic carboxylic acids is 1. The van der Waals surface area contributed by atoms with Crippen LogP contribution in [0.15, 0.2) is 115 Å². The number of rotatable bonds is 10. The lowest BCUT2D eigenvalue weighted by Gasteiger charge is -2.19. The summed E-state index contributed by atoms with van der Waals surface area (Å²) in [5.74, 6) is -1.12. The maximum absolute atomic E-state index is 13.4. The molecule has 49 heavy (non-hydrogen) atoms. The van der Waals surface area contributed by atoms with Crippen molar-refractivity contribution in [3.63, 3.8) is 0 Å². The van der Waals surface area contributed by atoms with Gasteiger partial charge in [-0.05, 0) is 65.7 Å². The number of alkyl halides is 6. The molecule has 1 unspecified atom stereocenters. The summed E-state index contributed by atoms with van der Waals surface area (Å²) in [5, 5.41) is 14.7. The number of ether oxygens (including phenoxy) is 1. The van der Waals surface area contributed by atoms with Gasteiger partial charge in [-0.25, -0.2) is 4.79 Å². The van der Waals surface area contributed by atoms with Crippen molar-refractivity contribution in [3.05, 3.63) is 143 Å². The lowest BCUT2D eigenvalue weighted by atomic mass is 9.99. The molecule has 5 rings (SSSR count). The van der Waals surface area contributed by atoms with Crippen LogP contribution in [0.1, 0.15) is 27.0 Å². The Morgan fingerprint density at radius 2 is 1.37 bits per heavy atom. The number of carboxylic acid groups (broad SMARTS) is 1. The number of anilines is 2. The van der Waals surface area contributed by atoms with Crippen LogP contribution >= 0.6 is 11.6 Å². The summed E-state index contributed by atoms with van der Waals surface area (Å²) in [7, 11) is 0. The second-order valence-electron chi connectivity index (χ2n) is 10.8. The van der Waals surface area contributed by atoms with Gasteiger partial charge in [-0.2, -0.15) is 26.3 Å². The van der Waals surface area contributed by atoms with Crippen LogP contribution < -0.4 is 15.4 Å². The average Bonchev–Trinajstić information content (AvgIpc) is 3.05. The van der Waals surface area contributed by atoms with Gasteiger partial charge < -0.3 is 20.5 Å². The molecule has 0 aromatic heterocycles. The van der Waals surface area contributed by atoms with E-state index in [9.17, 15) is 41.0 Å². The third-order valence-corrected chi connectivity index (χ3v) is 7.49. The minimum absolute atomic E-state index is 0.00899. The molecule has 0 aliphatic carbocycles. The molecular formula is C36H25ClF6N2O4. The number of benzene rings is 5. The highest BCUT2D eigenvalue weighted by Gasteiger charge is 2.37. The zero-order valence-electron chi connectivity index (χ0n) is 25.1. The van der Waals surface area contributed by atoms with E-state index in [2.05, 4.69) is 10.6 Å². The monoisotopic (exact) mass is 698 g/mol. The number of hydrogen-bond acceptors (Lipinski definition) is 4. The Balaban J connectivity index is 1.35. The van der Waals surface area contributed by atoms with Crippen LogP contribution in [0.4, 0.5) is 37.7 Å². The minimum Gasteiger partial charge on any atom is -0.480 e. The predicted molar refractivity (Wildman–Crippen MR) is 172 cm³/mol. The van der Waals surface area contributed by atoms with E-state index < -0.39 is 47.1 Å². The predicted octanol–water partition coefficient (Wildman–Crippen LogP) is 10.0. The van der Waals surface area contributed by atoms with Gasteiger partial charge in [0.05, 0.1) is 22.4 Å². The summed E-state index contributed by atoms with van der Waals surface area (Å²) in [6.45, 7) is 0. The second-order valence-corrected chi connectivity index (χ2v) is 11.2. The molecule has 0 saturated heterocycles. The Kier molecular flexibility index (Phi) is 10.2. The van der Waals surface area contributed by atoms with Crippen molar-refractivity contribution in [2.45, 2.75) is 24.8 Å². The van der Waals surface area contributed by atoms with Crippen molar-refractivity contribution in [1.29, 1.82) is 0 Å². The lowest BCUT2D eigenvalue weighted by molar-refractivity contribution is -0.143. The molecule has 0 heterocycles. The van der Waals surface area contributed by atoms with E-state index >= 15 is 0 Å². The van der Waals surface area contributed by atoms with E-state index in [1.165, 1.54) is 12.1 Å². The van der Waals surface area contributed by atoms with Crippen LogP contribution in [-0.2, 0) is 23.6 Å². The van der Waals surface area contributed by atoms with Crippen LogP contribution in [0.25, 0.3) is 11.1 Å². The molecule has 0 bridgehead atoms. The highest BCUT2D eigenvalue weighted by atomic mass is 35.5. The fourth-order valence-corrected chi connectivity index (χ4v) is 5.07. The van der Waals surface area contributed by atoms with Crippen LogP contribution in [-0.4, -0.2) is 23.0 Å². The van der Waals surface area contributed by atoms with Crippen LogP contribution in [0, 0.1) is 0 Å².